The summed E-state index contributed by atoms with van der Waals surface area (Å²) in [5, 5.41) is 10.9. The van der Waals surface area contributed by atoms with Crippen molar-refractivity contribution >= 4 is 18.0 Å². The summed E-state index contributed by atoms with van der Waals surface area (Å²) in [5.74, 6) is -1.48. The predicted molar refractivity (Wildman–Crippen MR) is 64.6 cm³/mol. The quantitative estimate of drug-likeness (QED) is 0.733. The van der Waals surface area contributed by atoms with E-state index in [2.05, 4.69) is 21.6 Å². The zero-order valence-electron chi connectivity index (χ0n) is 9.76. The van der Waals surface area contributed by atoms with Gasteiger partial charge in [0.25, 0.3) is 0 Å². The summed E-state index contributed by atoms with van der Waals surface area (Å²) in [5.41, 5.74) is 1.60. The van der Waals surface area contributed by atoms with Gasteiger partial charge < -0.3 is 15.2 Å². The van der Waals surface area contributed by atoms with E-state index < -0.39 is 12.6 Å². The van der Waals surface area contributed by atoms with Crippen LogP contribution in [0, 0.1) is 0 Å². The van der Waals surface area contributed by atoms with E-state index in [0.29, 0.717) is 6.54 Å². The zero-order valence-corrected chi connectivity index (χ0v) is 9.76. The zero-order chi connectivity index (χ0) is 13.4. The van der Waals surface area contributed by atoms with Crippen molar-refractivity contribution in [3.63, 3.8) is 0 Å². The molecule has 0 bridgehead atoms. The lowest BCUT2D eigenvalue weighted by Gasteiger charge is -2.05. The van der Waals surface area contributed by atoms with Crippen molar-refractivity contribution in [1.29, 1.82) is 0 Å². The van der Waals surface area contributed by atoms with E-state index in [9.17, 15) is 9.59 Å². The van der Waals surface area contributed by atoms with Crippen molar-refractivity contribution in [3.05, 3.63) is 36.2 Å². The number of aromatic nitrogens is 1. The van der Waals surface area contributed by atoms with Crippen LogP contribution in [0.5, 0.6) is 0 Å². The number of nitrogens with zero attached hydrogens (tertiary/aromatic N) is 1. The van der Waals surface area contributed by atoms with Gasteiger partial charge in [-0.1, -0.05) is 12.6 Å². The summed E-state index contributed by atoms with van der Waals surface area (Å²) in [6, 6.07) is 3.61. The number of carbonyl (C=O) groups is 2. The van der Waals surface area contributed by atoms with Gasteiger partial charge in [0.2, 0.25) is 5.91 Å². The monoisotopic (exact) mass is 250 g/mol. The standard InChI is InChI=1S/C12H14N2O4/c1-2-10-4-3-9(5-13-10)6-14-11(15)7-18-8-12(16)17/h2-5H,1,6-8H2,(H,14,15)(H,16,17). The largest absolute Gasteiger partial charge is 0.480 e. The number of rotatable bonds is 7. The molecule has 0 aromatic carbocycles. The number of carboxylic acid groups (broad SMARTS) is 1. The second-order valence-electron chi connectivity index (χ2n) is 3.46. The van der Waals surface area contributed by atoms with Gasteiger partial charge in [0.1, 0.15) is 13.2 Å². The van der Waals surface area contributed by atoms with Crippen molar-refractivity contribution in [2.45, 2.75) is 6.54 Å². The molecule has 0 spiro atoms. The maximum absolute atomic E-state index is 11.3. The van der Waals surface area contributed by atoms with E-state index in [-0.39, 0.29) is 12.5 Å². The molecule has 0 atom stereocenters. The third-order valence-electron chi connectivity index (χ3n) is 2.01. The first-order valence-electron chi connectivity index (χ1n) is 5.25. The van der Waals surface area contributed by atoms with Crippen LogP contribution in [0.25, 0.3) is 6.08 Å². The second kappa shape index (κ2) is 7.18. The van der Waals surface area contributed by atoms with Gasteiger partial charge in [-0.15, -0.1) is 0 Å². The van der Waals surface area contributed by atoms with Gasteiger partial charge >= 0.3 is 5.97 Å². The number of ether oxygens (including phenoxy) is 1. The molecule has 1 aromatic rings. The normalized spacial score (nSPS) is 9.78. The van der Waals surface area contributed by atoms with Gasteiger partial charge in [-0.2, -0.15) is 0 Å². The smallest absolute Gasteiger partial charge is 0.329 e. The maximum atomic E-state index is 11.3. The molecule has 1 rings (SSSR count). The lowest BCUT2D eigenvalue weighted by Crippen LogP contribution is -2.28. The van der Waals surface area contributed by atoms with E-state index in [1.807, 2.05) is 6.07 Å². The molecular formula is C12H14N2O4. The van der Waals surface area contributed by atoms with Crippen LogP contribution in [0.2, 0.25) is 0 Å². The van der Waals surface area contributed by atoms with Crippen molar-refractivity contribution in [3.8, 4) is 0 Å². The van der Waals surface area contributed by atoms with Gasteiger partial charge in [0, 0.05) is 12.7 Å². The minimum Gasteiger partial charge on any atom is -0.480 e. The molecule has 0 aliphatic rings. The average Bonchev–Trinajstić information content (AvgIpc) is 2.36. The molecular weight excluding hydrogens is 236 g/mol. The fourth-order valence-electron chi connectivity index (χ4n) is 1.14. The topological polar surface area (TPSA) is 88.5 Å². The predicted octanol–water partition coefficient (Wildman–Crippen LogP) is 0.442. The molecule has 0 fully saturated rings. The number of amides is 1. The molecule has 0 unspecified atom stereocenters. The third kappa shape index (κ3) is 5.22. The van der Waals surface area contributed by atoms with Crippen molar-refractivity contribution < 1.29 is 19.4 Å². The number of pyridine rings is 1. The van der Waals surface area contributed by atoms with E-state index in [4.69, 9.17) is 5.11 Å². The SMILES string of the molecule is C=Cc1ccc(CNC(=O)COCC(=O)O)cn1. The molecule has 0 saturated carbocycles. The molecule has 1 aromatic heterocycles. The first-order chi connectivity index (χ1) is 8.61. The van der Waals surface area contributed by atoms with Crippen molar-refractivity contribution in [1.82, 2.24) is 10.3 Å². The lowest BCUT2D eigenvalue weighted by atomic mass is 10.2. The molecule has 6 nitrogen and oxygen atoms in total. The van der Waals surface area contributed by atoms with E-state index in [1.54, 1.807) is 18.3 Å². The number of carboxylic acids is 1. The molecule has 0 aliphatic heterocycles. The van der Waals surface area contributed by atoms with E-state index in [1.165, 1.54) is 0 Å². The Morgan fingerprint density at radius 1 is 1.44 bits per heavy atom. The Morgan fingerprint density at radius 2 is 2.22 bits per heavy atom. The lowest BCUT2D eigenvalue weighted by molar-refractivity contribution is -0.143. The molecule has 2 N–H and O–H groups in total. The minimum absolute atomic E-state index is 0.273. The second-order valence-corrected chi connectivity index (χ2v) is 3.46. The highest BCUT2D eigenvalue weighted by atomic mass is 16.5. The highest BCUT2D eigenvalue weighted by Crippen LogP contribution is 2.00. The van der Waals surface area contributed by atoms with Crippen LogP contribution in [-0.2, 0) is 20.9 Å². The van der Waals surface area contributed by atoms with E-state index in [0.717, 1.165) is 11.3 Å². The molecule has 18 heavy (non-hydrogen) atoms. The van der Waals surface area contributed by atoms with Crippen LogP contribution in [-0.4, -0.2) is 35.2 Å². The fourth-order valence-corrected chi connectivity index (χ4v) is 1.14. The van der Waals surface area contributed by atoms with Gasteiger partial charge in [0.05, 0.1) is 5.69 Å². The van der Waals surface area contributed by atoms with Gasteiger partial charge in [-0.3, -0.25) is 9.78 Å². The van der Waals surface area contributed by atoms with Gasteiger partial charge in [0.15, 0.2) is 0 Å². The van der Waals surface area contributed by atoms with Crippen molar-refractivity contribution in [2.24, 2.45) is 0 Å². The van der Waals surface area contributed by atoms with Crippen LogP contribution in [0.15, 0.2) is 24.9 Å². The molecule has 0 radical (unpaired) electrons. The molecule has 1 heterocycles. The van der Waals surface area contributed by atoms with E-state index >= 15 is 0 Å². The minimum atomic E-state index is -1.10. The first kappa shape index (κ1) is 13.9. The summed E-state index contributed by atoms with van der Waals surface area (Å²) in [4.78, 5) is 25.5. The van der Waals surface area contributed by atoms with Crippen LogP contribution in [0.3, 0.4) is 0 Å². The summed E-state index contributed by atoms with van der Waals surface area (Å²) < 4.78 is 4.64. The fraction of sp³-hybridized carbons (Fsp3) is 0.250. The molecule has 0 aliphatic carbocycles. The Balaban J connectivity index is 2.28. The maximum Gasteiger partial charge on any atom is 0.329 e. The highest BCUT2D eigenvalue weighted by Gasteiger charge is 2.03. The van der Waals surface area contributed by atoms with Crippen molar-refractivity contribution in [2.75, 3.05) is 13.2 Å². The van der Waals surface area contributed by atoms with Gasteiger partial charge in [-0.25, -0.2) is 4.79 Å². The molecule has 0 saturated heterocycles. The molecule has 6 heteroatoms. The Labute approximate surface area is 104 Å². The number of nitrogens with one attached hydrogen (secondary N) is 1. The molecule has 1 amide bonds. The Kier molecular flexibility index (Phi) is 5.53. The number of carbonyl (C=O) groups excluding carboxylic acids is 1. The summed E-state index contributed by atoms with van der Waals surface area (Å²) in [6.45, 7) is 3.15. The average molecular weight is 250 g/mol. The van der Waals surface area contributed by atoms with Crippen LogP contribution >= 0.6 is 0 Å². The number of hydrogen-bond acceptors (Lipinski definition) is 4. The molecule has 96 valence electrons. The number of hydrogen-bond donors (Lipinski definition) is 2. The third-order valence-corrected chi connectivity index (χ3v) is 2.01. The Hall–Kier alpha value is -2.21. The summed E-state index contributed by atoms with van der Waals surface area (Å²) in [6.07, 6.45) is 3.26. The van der Waals surface area contributed by atoms with Crippen LogP contribution < -0.4 is 5.32 Å². The first-order valence-corrected chi connectivity index (χ1v) is 5.25. The Morgan fingerprint density at radius 3 is 2.78 bits per heavy atom. The van der Waals surface area contributed by atoms with Crippen LogP contribution in [0.1, 0.15) is 11.3 Å². The van der Waals surface area contributed by atoms with Crippen LogP contribution in [0.4, 0.5) is 0 Å². The van der Waals surface area contributed by atoms with Gasteiger partial charge in [-0.05, 0) is 17.7 Å². The number of aliphatic carboxylic acids is 1. The summed E-state index contributed by atoms with van der Waals surface area (Å²) in [7, 11) is 0. The highest BCUT2D eigenvalue weighted by molar-refractivity contribution is 5.77. The summed E-state index contributed by atoms with van der Waals surface area (Å²) >= 11 is 0. The Bertz CT molecular complexity index is 428.